The van der Waals surface area contributed by atoms with Gasteiger partial charge in [-0.05, 0) is 29.3 Å². The lowest BCUT2D eigenvalue weighted by atomic mass is 9.95. The van der Waals surface area contributed by atoms with E-state index in [4.69, 9.17) is 18.0 Å². The number of nitrogens with two attached hydrogens (primary N) is 1. The maximum Gasteiger partial charge on any atom is 0.172 e. The molecule has 1 aliphatic rings. The normalized spacial score (nSPS) is 18.8. The van der Waals surface area contributed by atoms with E-state index in [1.54, 1.807) is 0 Å². The largest absolute Gasteiger partial charge is 0.384 e. The molecule has 1 aliphatic heterocycles. The summed E-state index contributed by atoms with van der Waals surface area (Å²) in [5.41, 5.74) is 8.51. The van der Waals surface area contributed by atoms with Crippen molar-refractivity contribution >= 4 is 17.3 Å². The van der Waals surface area contributed by atoms with Crippen LogP contribution < -0.4 is 16.4 Å². The number of hydrogen-bond donors (Lipinski definition) is 3. The van der Waals surface area contributed by atoms with Crippen molar-refractivity contribution in [3.8, 4) is 6.07 Å². The van der Waals surface area contributed by atoms with Crippen LogP contribution in [-0.2, 0) is 0 Å². The van der Waals surface area contributed by atoms with Crippen LogP contribution in [0.2, 0.25) is 0 Å². The highest BCUT2D eigenvalue weighted by atomic mass is 32.1. The fraction of sp³-hybridized carbons (Fsp3) is 0.286. The van der Waals surface area contributed by atoms with E-state index >= 15 is 0 Å². The predicted molar refractivity (Wildman–Crippen MR) is 79.0 cm³/mol. The molecule has 0 aromatic heterocycles. The van der Waals surface area contributed by atoms with Crippen molar-refractivity contribution in [2.24, 2.45) is 5.73 Å². The standard InChI is InChI=1S/C14H16N4S/c1-8(2)9-3-5-10(6-4-9)12-11(7-15)13(16)18-14(19)17-12/h3-6,8,12H,16H2,1-2H3,(H2,17,18,19). The minimum Gasteiger partial charge on any atom is -0.384 e. The van der Waals surface area contributed by atoms with Gasteiger partial charge in [-0.15, -0.1) is 0 Å². The van der Waals surface area contributed by atoms with Gasteiger partial charge in [0.15, 0.2) is 5.11 Å². The lowest BCUT2D eigenvalue weighted by molar-refractivity contribution is 0.705. The maximum atomic E-state index is 9.21. The van der Waals surface area contributed by atoms with Crippen LogP contribution >= 0.6 is 12.2 Å². The Morgan fingerprint density at radius 2 is 1.95 bits per heavy atom. The van der Waals surface area contributed by atoms with Crippen LogP contribution in [0, 0.1) is 11.3 Å². The van der Waals surface area contributed by atoms with Crippen LogP contribution in [0.4, 0.5) is 0 Å². The number of nitriles is 1. The molecule has 0 bridgehead atoms. The van der Waals surface area contributed by atoms with Crippen LogP contribution in [0.1, 0.15) is 36.9 Å². The zero-order valence-corrected chi connectivity index (χ0v) is 11.7. The highest BCUT2D eigenvalue weighted by Gasteiger charge is 2.25. The third kappa shape index (κ3) is 2.69. The van der Waals surface area contributed by atoms with Crippen molar-refractivity contribution in [3.63, 3.8) is 0 Å². The quantitative estimate of drug-likeness (QED) is 0.718. The average Bonchev–Trinajstić information content (AvgIpc) is 2.38. The Kier molecular flexibility index (Phi) is 3.72. The third-order valence-corrected chi connectivity index (χ3v) is 3.38. The second kappa shape index (κ2) is 5.29. The van der Waals surface area contributed by atoms with Crippen molar-refractivity contribution in [1.29, 1.82) is 5.26 Å². The van der Waals surface area contributed by atoms with Crippen molar-refractivity contribution in [3.05, 3.63) is 46.8 Å². The van der Waals surface area contributed by atoms with Gasteiger partial charge in [0.1, 0.15) is 11.9 Å². The summed E-state index contributed by atoms with van der Waals surface area (Å²) >= 11 is 5.08. The number of thiocarbonyl (C=S) groups is 1. The van der Waals surface area contributed by atoms with Crippen LogP contribution in [0.5, 0.6) is 0 Å². The average molecular weight is 272 g/mol. The van der Waals surface area contributed by atoms with E-state index in [1.165, 1.54) is 5.56 Å². The molecule has 1 aromatic rings. The van der Waals surface area contributed by atoms with Gasteiger partial charge in [0.25, 0.3) is 0 Å². The van der Waals surface area contributed by atoms with Gasteiger partial charge in [-0.3, -0.25) is 0 Å². The molecular formula is C14H16N4S. The van der Waals surface area contributed by atoms with E-state index in [0.29, 0.717) is 22.4 Å². The summed E-state index contributed by atoms with van der Waals surface area (Å²) in [5.74, 6) is 0.802. The fourth-order valence-corrected chi connectivity index (χ4v) is 2.26. The maximum absolute atomic E-state index is 9.21. The Bertz CT molecular complexity index is 566. The summed E-state index contributed by atoms with van der Waals surface area (Å²) in [6.07, 6.45) is 0. The molecule has 4 N–H and O–H groups in total. The summed E-state index contributed by atoms with van der Waals surface area (Å²) in [6.45, 7) is 4.29. The van der Waals surface area contributed by atoms with Crippen LogP contribution in [0.15, 0.2) is 35.7 Å². The molecule has 0 fully saturated rings. The lowest BCUT2D eigenvalue weighted by Crippen LogP contribution is -2.45. The van der Waals surface area contributed by atoms with Gasteiger partial charge in [-0.2, -0.15) is 5.26 Å². The molecule has 19 heavy (non-hydrogen) atoms. The second-order valence-corrected chi connectivity index (χ2v) is 5.20. The first-order valence-electron chi connectivity index (χ1n) is 6.10. The Morgan fingerprint density at radius 3 is 2.47 bits per heavy atom. The van der Waals surface area contributed by atoms with Gasteiger partial charge in [0, 0.05) is 0 Å². The molecule has 0 radical (unpaired) electrons. The van der Waals surface area contributed by atoms with Gasteiger partial charge in [0.05, 0.1) is 11.6 Å². The molecule has 98 valence electrons. The van der Waals surface area contributed by atoms with Gasteiger partial charge >= 0.3 is 0 Å². The van der Waals surface area contributed by atoms with Crippen molar-refractivity contribution < 1.29 is 0 Å². The SMILES string of the molecule is CC(C)c1ccc(C2NC(=S)NC(N)=C2C#N)cc1. The summed E-state index contributed by atoms with van der Waals surface area (Å²) in [6, 6.07) is 10.00. The Morgan fingerprint density at radius 1 is 1.32 bits per heavy atom. The van der Waals surface area contributed by atoms with E-state index < -0.39 is 0 Å². The minimum absolute atomic E-state index is 0.278. The third-order valence-electron chi connectivity index (χ3n) is 3.16. The molecule has 0 spiro atoms. The molecule has 0 saturated heterocycles. The highest BCUT2D eigenvalue weighted by molar-refractivity contribution is 7.80. The summed E-state index contributed by atoms with van der Waals surface area (Å²) in [4.78, 5) is 0. The molecule has 1 aromatic carbocycles. The molecule has 0 aliphatic carbocycles. The van der Waals surface area contributed by atoms with E-state index in [-0.39, 0.29) is 6.04 Å². The van der Waals surface area contributed by atoms with Crippen molar-refractivity contribution in [2.45, 2.75) is 25.8 Å². The second-order valence-electron chi connectivity index (χ2n) is 4.79. The van der Waals surface area contributed by atoms with Crippen LogP contribution in [-0.4, -0.2) is 5.11 Å². The first-order valence-corrected chi connectivity index (χ1v) is 6.51. The number of nitrogens with one attached hydrogen (secondary N) is 2. The van der Waals surface area contributed by atoms with Crippen LogP contribution in [0.25, 0.3) is 0 Å². The van der Waals surface area contributed by atoms with E-state index in [1.807, 2.05) is 12.1 Å². The van der Waals surface area contributed by atoms with E-state index in [0.717, 1.165) is 5.56 Å². The molecule has 0 saturated carbocycles. The number of benzene rings is 1. The first-order chi connectivity index (χ1) is 9.02. The molecule has 1 atom stereocenters. The lowest BCUT2D eigenvalue weighted by Gasteiger charge is -2.27. The molecule has 5 heteroatoms. The Hall–Kier alpha value is -2.06. The molecule has 0 amide bonds. The number of hydrogen-bond acceptors (Lipinski definition) is 3. The monoisotopic (exact) mass is 272 g/mol. The van der Waals surface area contributed by atoms with Gasteiger partial charge in [-0.1, -0.05) is 38.1 Å². The van der Waals surface area contributed by atoms with Crippen LogP contribution in [0.3, 0.4) is 0 Å². The first kappa shape index (κ1) is 13.4. The smallest absolute Gasteiger partial charge is 0.172 e. The molecule has 1 heterocycles. The minimum atomic E-state index is -0.278. The Balaban J connectivity index is 2.37. The molecule has 4 nitrogen and oxygen atoms in total. The topological polar surface area (TPSA) is 73.9 Å². The molecular weight excluding hydrogens is 256 g/mol. The number of nitrogens with zero attached hydrogens (tertiary/aromatic N) is 1. The summed E-state index contributed by atoms with van der Waals surface area (Å²) in [7, 11) is 0. The fourth-order valence-electron chi connectivity index (χ4n) is 2.03. The Labute approximate surface area is 118 Å². The van der Waals surface area contributed by atoms with Gasteiger partial charge in [0.2, 0.25) is 0 Å². The molecule has 2 rings (SSSR count). The van der Waals surface area contributed by atoms with Gasteiger partial charge in [-0.25, -0.2) is 0 Å². The molecule has 1 unspecified atom stereocenters. The van der Waals surface area contributed by atoms with Crippen molar-refractivity contribution in [2.75, 3.05) is 0 Å². The zero-order chi connectivity index (χ0) is 14.0. The van der Waals surface area contributed by atoms with Gasteiger partial charge < -0.3 is 16.4 Å². The highest BCUT2D eigenvalue weighted by Crippen LogP contribution is 2.26. The summed E-state index contributed by atoms with van der Waals surface area (Å²) < 4.78 is 0. The zero-order valence-electron chi connectivity index (χ0n) is 10.9. The van der Waals surface area contributed by atoms with Crippen molar-refractivity contribution in [1.82, 2.24) is 10.6 Å². The predicted octanol–water partition coefficient (Wildman–Crippen LogP) is 2.02. The number of rotatable bonds is 2. The van der Waals surface area contributed by atoms with E-state index in [2.05, 4.69) is 42.7 Å². The van der Waals surface area contributed by atoms with E-state index in [9.17, 15) is 5.26 Å². The summed E-state index contributed by atoms with van der Waals surface area (Å²) in [5, 5.41) is 15.5.